The number of hydrogen-bond donors (Lipinski definition) is 0. The van der Waals surface area contributed by atoms with Gasteiger partial charge in [-0.1, -0.05) is 333 Å². The third-order valence-corrected chi connectivity index (χ3v) is 38.9. The van der Waals surface area contributed by atoms with E-state index in [0.29, 0.717) is 6.04 Å². The van der Waals surface area contributed by atoms with Crippen molar-refractivity contribution >= 4 is 77.1 Å². The van der Waals surface area contributed by atoms with Gasteiger partial charge >= 0.3 is 0 Å². The predicted molar refractivity (Wildman–Crippen MR) is 335 cm³/mol. The van der Waals surface area contributed by atoms with Crippen LogP contribution in [-0.2, 0) is 0 Å². The van der Waals surface area contributed by atoms with Gasteiger partial charge < -0.3 is 4.74 Å². The molecule has 0 aliphatic heterocycles. The largest absolute Gasteiger partial charge is 0.496 e. The fourth-order valence-corrected chi connectivity index (χ4v) is 35.0. The summed E-state index contributed by atoms with van der Waals surface area (Å²) in [6.45, 7) is 26.6. The second-order valence-corrected chi connectivity index (χ2v) is 40.5. The van der Waals surface area contributed by atoms with Gasteiger partial charge in [0.25, 0.3) is 0 Å². The fourth-order valence-electron chi connectivity index (χ4n) is 12.0. The molecule has 1 atom stereocenters. The van der Waals surface area contributed by atoms with Crippen molar-refractivity contribution in [3.05, 3.63) is 97.1 Å². The molecule has 0 saturated heterocycles. The molecule has 0 radical (unpaired) electrons. The predicted octanol–water partition coefficient (Wildman–Crippen LogP) is 18.0. The Morgan fingerprint density at radius 3 is 0.859 bits per heavy atom. The Morgan fingerprint density at radius 2 is 0.620 bits per heavy atom. The van der Waals surface area contributed by atoms with E-state index in [-0.39, 0.29) is 0 Å². The number of para-hydroxylation sites is 1. The lowest BCUT2D eigenvalue weighted by Crippen LogP contribution is -2.48. The molecule has 0 aromatic heterocycles. The van der Waals surface area contributed by atoms with Gasteiger partial charge in [0, 0.05) is 27.5 Å². The Morgan fingerprint density at radius 1 is 0.366 bits per heavy atom. The van der Waals surface area contributed by atoms with E-state index in [4.69, 9.17) is 4.74 Å². The Balaban J connectivity index is 2.07. The van der Waals surface area contributed by atoms with E-state index in [1.165, 1.54) is 191 Å². The van der Waals surface area contributed by atoms with Crippen LogP contribution >= 0.6 is 16.1 Å². The molecule has 0 heterocycles. The maximum absolute atomic E-state index is 6.39. The lowest BCUT2D eigenvalue weighted by atomic mass is 10.3. The maximum atomic E-state index is 6.39. The smallest absolute Gasteiger partial charge is 0.128 e. The van der Waals surface area contributed by atoms with Crippen LogP contribution in [0.5, 0.6) is 5.75 Å². The van der Waals surface area contributed by atoms with Crippen LogP contribution in [0.1, 0.15) is 192 Å². The summed E-state index contributed by atoms with van der Waals surface area (Å²) in [5.41, 5.74) is 0. The van der Waals surface area contributed by atoms with Crippen LogP contribution in [0.4, 0.5) is 0 Å². The molecule has 1 unspecified atom stereocenters. The molecule has 0 aliphatic carbocycles. The molecule has 2 nitrogen and oxygen atoms in total. The molecule has 0 N–H and O–H groups in total. The fraction of sp³-hybridized carbons (Fsp3) is 0.625. The van der Waals surface area contributed by atoms with Gasteiger partial charge in [0.1, 0.15) is 5.75 Å². The first-order chi connectivity index (χ1) is 34.6. The molecule has 0 bridgehead atoms. The number of unbranched alkanes of at least 4 members (excludes halogenated alkanes) is 9. The van der Waals surface area contributed by atoms with Crippen LogP contribution in [-0.4, -0.2) is 41.8 Å². The number of methoxy groups -OCH3 is 1. The quantitative estimate of drug-likeness (QED) is 0.0328. The van der Waals surface area contributed by atoms with Crippen molar-refractivity contribution in [3.63, 3.8) is 0 Å². The topological polar surface area (TPSA) is 12.5 Å². The molecule has 7 heteroatoms. The van der Waals surface area contributed by atoms with E-state index in [2.05, 4.69) is 178 Å². The van der Waals surface area contributed by atoms with Gasteiger partial charge in [-0.3, -0.25) is 0 Å². The third-order valence-electron chi connectivity index (χ3n) is 16.4. The van der Waals surface area contributed by atoms with Crippen molar-refractivity contribution < 1.29 is 4.74 Å². The molecular weight excluding hydrogens is 945 g/mol. The summed E-state index contributed by atoms with van der Waals surface area (Å²) in [5, 5.41) is 11.0. The molecule has 0 amide bonds. The van der Waals surface area contributed by atoms with E-state index in [9.17, 15) is 0 Å². The van der Waals surface area contributed by atoms with E-state index in [1.54, 1.807) is 15.6 Å². The number of rotatable bonds is 38. The van der Waals surface area contributed by atoms with Crippen LogP contribution < -0.4 is 41.5 Å². The highest BCUT2D eigenvalue weighted by atomic mass is 31.2. The van der Waals surface area contributed by atoms with Gasteiger partial charge in [-0.05, 0) is 41.9 Å². The zero-order chi connectivity index (χ0) is 51.5. The Bertz CT molecular complexity index is 1860. The summed E-state index contributed by atoms with van der Waals surface area (Å²) < 4.78 is 9.41. The van der Waals surface area contributed by atoms with Crippen molar-refractivity contribution in [2.45, 2.75) is 252 Å². The summed E-state index contributed by atoms with van der Waals surface area (Å²) >= 11 is 0. The van der Waals surface area contributed by atoms with Gasteiger partial charge in [-0.25, -0.2) is 4.44 Å². The highest BCUT2D eigenvalue weighted by Crippen LogP contribution is 2.57. The third kappa shape index (κ3) is 17.1. The minimum Gasteiger partial charge on any atom is -0.496 e. The first kappa shape index (κ1) is 61.7. The zero-order valence-corrected chi connectivity index (χ0v) is 52.9. The molecule has 0 saturated carbocycles. The molecule has 0 aliphatic rings. The molecule has 71 heavy (non-hydrogen) atoms. The van der Waals surface area contributed by atoms with Gasteiger partial charge in [0.2, 0.25) is 0 Å². The van der Waals surface area contributed by atoms with E-state index in [0.717, 1.165) is 5.75 Å². The Labute approximate surface area is 445 Å². The van der Waals surface area contributed by atoms with Crippen molar-refractivity contribution in [2.24, 2.45) is 0 Å². The lowest BCUT2D eigenvalue weighted by molar-refractivity contribution is 0.418. The average Bonchev–Trinajstić information content (AvgIpc) is 3.41. The Kier molecular flexibility index (Phi) is 28.9. The molecule has 4 aromatic rings. The van der Waals surface area contributed by atoms with Crippen LogP contribution in [0, 0.1) is 0 Å². The first-order valence-electron chi connectivity index (χ1n) is 29.9. The summed E-state index contributed by atoms with van der Waals surface area (Å²) in [6, 6.07) is 54.1. The average molecular weight is 1050 g/mol. The van der Waals surface area contributed by atoms with E-state index in [1.807, 2.05) is 7.11 Å². The van der Waals surface area contributed by atoms with Gasteiger partial charge in [0.05, 0.1) is 31.3 Å². The van der Waals surface area contributed by atoms with Crippen molar-refractivity contribution in [3.8, 4) is 5.75 Å². The summed E-state index contributed by atoms with van der Waals surface area (Å²) in [7, 11) is -5.06. The van der Waals surface area contributed by atoms with Gasteiger partial charge in [-0.15, -0.1) is 0 Å². The summed E-state index contributed by atoms with van der Waals surface area (Å²) in [6.07, 6.45) is 23.9. The summed E-state index contributed by atoms with van der Waals surface area (Å²) in [4.78, 5) is 0. The van der Waals surface area contributed by atoms with Crippen LogP contribution in [0.15, 0.2) is 97.1 Å². The lowest BCUT2D eigenvalue weighted by Gasteiger charge is -2.42. The van der Waals surface area contributed by atoms with E-state index >= 15 is 0 Å². The maximum Gasteiger partial charge on any atom is 0.128 e. The monoisotopic (exact) mass is 1050 g/mol. The second kappa shape index (κ2) is 33.2. The standard InChI is InChI=1S/C64H107NOP2Si3/c1-13-22-47-69(48-23-14-2,49-24-15-3)60-41-35-57(36-42-60)67(58-37-43-61(44-38-58)70(50-25-16-4,51-26-17-5)52-27-18-6)65(56(10)11)68(64-34-32-31-33-63(64)66-12)59-39-45-62(46-40-59)71(53-28-19-7,54-29-20-8)55-30-21-9/h31-46,56H,13-30,47-55H2,1-12H3. The number of ether oxygens (including phenoxy) is 1. The second-order valence-electron chi connectivity index (χ2n) is 22.1. The molecule has 4 rings (SSSR count). The molecule has 0 fully saturated rings. The van der Waals surface area contributed by atoms with Crippen LogP contribution in [0.25, 0.3) is 0 Å². The molecular formula is C64H107NOP2Si3. The molecule has 396 valence electrons. The van der Waals surface area contributed by atoms with Crippen LogP contribution in [0.2, 0.25) is 54.4 Å². The molecule has 0 spiro atoms. The highest BCUT2D eigenvalue weighted by Gasteiger charge is 2.39. The minimum atomic E-state index is -1.68. The van der Waals surface area contributed by atoms with E-state index < -0.39 is 40.4 Å². The van der Waals surface area contributed by atoms with Crippen molar-refractivity contribution in [1.29, 1.82) is 0 Å². The minimum absolute atomic E-state index is 0.294. The zero-order valence-electron chi connectivity index (χ0n) is 48.2. The first-order valence-corrected chi connectivity index (χ1v) is 40.4. The van der Waals surface area contributed by atoms with Gasteiger partial charge in [-0.2, -0.15) is 0 Å². The normalized spacial score (nSPS) is 12.9. The van der Waals surface area contributed by atoms with Gasteiger partial charge in [0.15, 0.2) is 0 Å². The number of nitrogens with zero attached hydrogens (tertiary/aromatic N) is 1. The van der Waals surface area contributed by atoms with Crippen molar-refractivity contribution in [2.75, 3.05) is 7.11 Å². The summed E-state index contributed by atoms with van der Waals surface area (Å²) in [5.74, 6) is 1.02. The molecule has 4 aromatic carbocycles. The Hall–Kier alpha value is -1.85. The number of hydrogen-bond acceptors (Lipinski definition) is 2. The highest BCUT2D eigenvalue weighted by molar-refractivity contribution is 7.84. The number of benzene rings is 4. The SMILES string of the molecule is CCCC[Si](CCCC)(CCCC)c1ccc(P(c2ccc([Si](CCCC)(CCCC)CCCC)cc2)N(C(C)C)P(c2ccc([Si](CCCC)(CCCC)CCCC)cc2)c2ccccc2OC)cc1. The van der Waals surface area contributed by atoms with Crippen LogP contribution in [0.3, 0.4) is 0 Å². The van der Waals surface area contributed by atoms with Crippen molar-refractivity contribution in [1.82, 2.24) is 4.44 Å².